The minimum Gasteiger partial charge on any atom is -0.478 e. The van der Waals surface area contributed by atoms with Gasteiger partial charge in [0.05, 0.1) is 18.8 Å². The fourth-order valence-corrected chi connectivity index (χ4v) is 2.91. The Balaban J connectivity index is 2.52. The molecule has 0 aromatic carbocycles. The van der Waals surface area contributed by atoms with E-state index in [0.29, 0.717) is 13.0 Å². The molecule has 0 aliphatic carbocycles. The highest BCUT2D eigenvalue weighted by atomic mass is 32.1. The van der Waals surface area contributed by atoms with Crippen molar-refractivity contribution in [2.75, 3.05) is 18.9 Å². The number of hydrogen-bond acceptors (Lipinski definition) is 5. The van der Waals surface area contributed by atoms with Gasteiger partial charge in [-0.05, 0) is 12.0 Å². The zero-order chi connectivity index (χ0) is 11.0. The van der Waals surface area contributed by atoms with E-state index in [1.54, 1.807) is 0 Å². The average Bonchev–Trinajstić information content (AvgIpc) is 2.53. The van der Waals surface area contributed by atoms with E-state index < -0.39 is 12.1 Å². The maximum Gasteiger partial charge on any atom is 0.338 e. The average molecular weight is 229 g/mol. The molecule has 0 fully saturated rings. The van der Waals surface area contributed by atoms with Gasteiger partial charge in [-0.2, -0.15) is 0 Å². The number of fused-ring (bicyclic) bond motifs is 1. The Labute approximate surface area is 90.1 Å². The number of nitrogen functional groups attached to an aromatic ring is 1. The summed E-state index contributed by atoms with van der Waals surface area (Å²) in [6, 6.07) is 0. The second kappa shape index (κ2) is 3.80. The van der Waals surface area contributed by atoms with Gasteiger partial charge in [-0.1, -0.05) is 0 Å². The minimum absolute atomic E-state index is 0.147. The Morgan fingerprint density at radius 1 is 1.67 bits per heavy atom. The van der Waals surface area contributed by atoms with E-state index >= 15 is 0 Å². The lowest BCUT2D eigenvalue weighted by molar-refractivity contribution is 0.00564. The van der Waals surface area contributed by atoms with Crippen LogP contribution >= 0.6 is 11.3 Å². The Morgan fingerprint density at radius 2 is 2.40 bits per heavy atom. The van der Waals surface area contributed by atoms with Gasteiger partial charge in [0.1, 0.15) is 11.1 Å². The molecule has 0 amide bonds. The largest absolute Gasteiger partial charge is 0.478 e. The number of aliphatic hydroxyl groups excluding tert-OH is 1. The third kappa shape index (κ3) is 1.60. The molecule has 0 saturated carbocycles. The Morgan fingerprint density at radius 3 is 3.00 bits per heavy atom. The van der Waals surface area contributed by atoms with E-state index in [9.17, 15) is 4.79 Å². The summed E-state index contributed by atoms with van der Waals surface area (Å²) in [5.41, 5.74) is 6.53. The minimum atomic E-state index is -1.01. The van der Waals surface area contributed by atoms with Crippen molar-refractivity contribution in [3.05, 3.63) is 16.0 Å². The number of carboxylic acid groups (broad SMARTS) is 1. The monoisotopic (exact) mass is 229 g/mol. The lowest BCUT2D eigenvalue weighted by Gasteiger charge is -2.21. The van der Waals surface area contributed by atoms with Crippen molar-refractivity contribution in [1.29, 1.82) is 0 Å². The number of rotatable bonds is 2. The highest BCUT2D eigenvalue weighted by Gasteiger charge is 2.29. The number of aliphatic hydroxyl groups is 1. The van der Waals surface area contributed by atoms with E-state index in [1.165, 1.54) is 11.3 Å². The molecule has 5 nitrogen and oxygen atoms in total. The van der Waals surface area contributed by atoms with Crippen molar-refractivity contribution < 1.29 is 19.7 Å². The highest BCUT2D eigenvalue weighted by Crippen LogP contribution is 2.39. The van der Waals surface area contributed by atoms with E-state index in [0.717, 1.165) is 10.4 Å². The lowest BCUT2D eigenvalue weighted by atomic mass is 10.0. The summed E-state index contributed by atoms with van der Waals surface area (Å²) >= 11 is 1.19. The van der Waals surface area contributed by atoms with Gasteiger partial charge in [0.25, 0.3) is 0 Å². The molecule has 1 unspecified atom stereocenters. The number of hydrogen-bond donors (Lipinski definition) is 3. The molecule has 0 spiro atoms. The van der Waals surface area contributed by atoms with Crippen LogP contribution in [0.2, 0.25) is 0 Å². The SMILES string of the molecule is Nc1sc2c(c1C(=O)O)CCOC2CO. The summed E-state index contributed by atoms with van der Waals surface area (Å²) in [6.45, 7) is 0.278. The molecule has 82 valence electrons. The van der Waals surface area contributed by atoms with Crippen molar-refractivity contribution in [2.24, 2.45) is 0 Å². The van der Waals surface area contributed by atoms with Crippen LogP contribution in [0.25, 0.3) is 0 Å². The van der Waals surface area contributed by atoms with Crippen LogP contribution in [0.1, 0.15) is 26.9 Å². The van der Waals surface area contributed by atoms with Gasteiger partial charge >= 0.3 is 5.97 Å². The number of ether oxygens (including phenoxy) is 1. The lowest BCUT2D eigenvalue weighted by Crippen LogP contribution is -2.18. The van der Waals surface area contributed by atoms with E-state index in [1.807, 2.05) is 0 Å². The molecule has 1 aliphatic rings. The summed E-state index contributed by atoms with van der Waals surface area (Å²) in [6.07, 6.45) is 0.121. The smallest absolute Gasteiger partial charge is 0.338 e. The van der Waals surface area contributed by atoms with E-state index in [2.05, 4.69) is 0 Å². The standard InChI is InChI=1S/C9H11NO4S/c10-8-6(9(12)13)4-1-2-14-5(3-11)7(4)15-8/h5,11H,1-3,10H2,(H,12,13). The van der Waals surface area contributed by atoms with Crippen LogP contribution in [-0.2, 0) is 11.2 Å². The Kier molecular flexibility index (Phi) is 2.64. The topological polar surface area (TPSA) is 92.8 Å². The van der Waals surface area contributed by atoms with Crippen LogP contribution in [-0.4, -0.2) is 29.4 Å². The third-order valence-corrected chi connectivity index (χ3v) is 3.56. The number of anilines is 1. The number of carbonyl (C=O) groups is 1. The van der Waals surface area contributed by atoms with Gasteiger partial charge in [0, 0.05) is 4.88 Å². The first-order valence-electron chi connectivity index (χ1n) is 4.52. The van der Waals surface area contributed by atoms with Crippen molar-refractivity contribution >= 4 is 22.3 Å². The normalized spacial score (nSPS) is 19.9. The van der Waals surface area contributed by atoms with Crippen molar-refractivity contribution in [3.8, 4) is 0 Å². The predicted molar refractivity (Wildman–Crippen MR) is 55.2 cm³/mol. The summed E-state index contributed by atoms with van der Waals surface area (Å²) < 4.78 is 5.31. The van der Waals surface area contributed by atoms with E-state index in [-0.39, 0.29) is 17.2 Å². The van der Waals surface area contributed by atoms with Crippen molar-refractivity contribution in [1.82, 2.24) is 0 Å². The van der Waals surface area contributed by atoms with Crippen LogP contribution < -0.4 is 5.73 Å². The first kappa shape index (κ1) is 10.4. The molecule has 1 aromatic heterocycles. The first-order valence-corrected chi connectivity index (χ1v) is 5.33. The molecule has 1 aromatic rings. The molecule has 1 aliphatic heterocycles. The second-order valence-corrected chi connectivity index (χ2v) is 4.37. The van der Waals surface area contributed by atoms with Crippen LogP contribution in [0, 0.1) is 0 Å². The van der Waals surface area contributed by atoms with Crippen LogP contribution in [0.15, 0.2) is 0 Å². The quantitative estimate of drug-likeness (QED) is 0.691. The van der Waals surface area contributed by atoms with Gasteiger partial charge in [-0.3, -0.25) is 0 Å². The number of aromatic carboxylic acids is 1. The molecular formula is C9H11NO4S. The molecule has 1 atom stereocenters. The maximum absolute atomic E-state index is 11.0. The van der Waals surface area contributed by atoms with Crippen LogP contribution in [0.4, 0.5) is 5.00 Å². The molecule has 0 bridgehead atoms. The molecular weight excluding hydrogens is 218 g/mol. The summed E-state index contributed by atoms with van der Waals surface area (Å²) in [4.78, 5) is 11.7. The van der Waals surface area contributed by atoms with Crippen LogP contribution in [0.5, 0.6) is 0 Å². The fourth-order valence-electron chi connectivity index (χ4n) is 1.76. The van der Waals surface area contributed by atoms with Crippen molar-refractivity contribution in [2.45, 2.75) is 12.5 Å². The van der Waals surface area contributed by atoms with Crippen LogP contribution in [0.3, 0.4) is 0 Å². The van der Waals surface area contributed by atoms with Gasteiger partial charge < -0.3 is 20.7 Å². The molecule has 15 heavy (non-hydrogen) atoms. The Hall–Kier alpha value is -1.11. The fraction of sp³-hybridized carbons (Fsp3) is 0.444. The van der Waals surface area contributed by atoms with Crippen molar-refractivity contribution in [3.63, 3.8) is 0 Å². The van der Waals surface area contributed by atoms with Gasteiger partial charge in [-0.25, -0.2) is 4.79 Å². The zero-order valence-corrected chi connectivity index (χ0v) is 8.71. The zero-order valence-electron chi connectivity index (χ0n) is 7.90. The van der Waals surface area contributed by atoms with Gasteiger partial charge in [0.15, 0.2) is 0 Å². The second-order valence-electron chi connectivity index (χ2n) is 3.28. The van der Waals surface area contributed by atoms with Gasteiger partial charge in [-0.15, -0.1) is 11.3 Å². The summed E-state index contributed by atoms with van der Waals surface area (Å²) in [5, 5.41) is 18.4. The molecule has 2 rings (SSSR count). The Bertz CT molecular complexity index is 401. The number of thiophene rings is 1. The first-order chi connectivity index (χ1) is 7.15. The molecule has 6 heteroatoms. The predicted octanol–water partition coefficient (Wildman–Crippen LogP) is 0.635. The summed E-state index contributed by atoms with van der Waals surface area (Å²) in [5.74, 6) is -1.01. The molecule has 0 saturated heterocycles. The number of nitrogens with two attached hydrogens (primary N) is 1. The molecule has 2 heterocycles. The molecule has 0 radical (unpaired) electrons. The third-order valence-electron chi connectivity index (χ3n) is 2.41. The summed E-state index contributed by atoms with van der Waals surface area (Å²) in [7, 11) is 0. The highest BCUT2D eigenvalue weighted by molar-refractivity contribution is 7.16. The molecule has 4 N–H and O–H groups in total. The maximum atomic E-state index is 11.0. The van der Waals surface area contributed by atoms with Gasteiger partial charge in [0.2, 0.25) is 0 Å². The van der Waals surface area contributed by atoms with E-state index in [4.69, 9.17) is 20.7 Å². The number of carboxylic acids is 1.